The number of thioether (sulfide) groups is 1. The van der Waals surface area contributed by atoms with Crippen molar-refractivity contribution < 1.29 is 14.3 Å². The zero-order chi connectivity index (χ0) is 16.5. The average molecular weight is 338 g/mol. The van der Waals surface area contributed by atoms with Crippen molar-refractivity contribution in [3.8, 4) is 5.75 Å². The Morgan fingerprint density at radius 1 is 1.30 bits per heavy atom. The molecule has 23 heavy (non-hydrogen) atoms. The fourth-order valence-electron chi connectivity index (χ4n) is 2.51. The topological polar surface area (TPSA) is 64.8 Å². The summed E-state index contributed by atoms with van der Waals surface area (Å²) < 4.78 is 10.9. The van der Waals surface area contributed by atoms with Crippen molar-refractivity contribution in [2.75, 3.05) is 39.1 Å². The molecular formula is C17H26N2O3S. The number of carbonyl (C=O) groups excluding carboxylic acids is 1. The van der Waals surface area contributed by atoms with E-state index in [9.17, 15) is 4.79 Å². The Bertz CT molecular complexity index is 473. The maximum Gasteiger partial charge on any atom is 0.232 e. The Labute approximate surface area is 142 Å². The summed E-state index contributed by atoms with van der Waals surface area (Å²) in [5, 5.41) is 0. The molecule has 0 atom stereocenters. The zero-order valence-electron chi connectivity index (χ0n) is 13.7. The molecule has 0 unspecified atom stereocenters. The van der Waals surface area contributed by atoms with Crippen molar-refractivity contribution in [3.63, 3.8) is 0 Å². The number of benzene rings is 1. The maximum absolute atomic E-state index is 12.3. The van der Waals surface area contributed by atoms with Crippen LogP contribution in [-0.2, 0) is 9.53 Å². The molecule has 0 spiro atoms. The predicted octanol–water partition coefficient (Wildman–Crippen LogP) is 2.14. The van der Waals surface area contributed by atoms with E-state index < -0.39 is 0 Å². The number of methoxy groups -OCH3 is 1. The predicted molar refractivity (Wildman–Crippen MR) is 92.9 cm³/mol. The molecule has 2 N–H and O–H groups in total. The van der Waals surface area contributed by atoms with Crippen molar-refractivity contribution in [3.05, 3.63) is 24.3 Å². The number of piperidine rings is 1. The smallest absolute Gasteiger partial charge is 0.232 e. The minimum Gasteiger partial charge on any atom is -0.497 e. The molecule has 1 fully saturated rings. The van der Waals surface area contributed by atoms with Gasteiger partial charge in [0.25, 0.3) is 0 Å². The van der Waals surface area contributed by atoms with E-state index in [-0.39, 0.29) is 12.0 Å². The first-order valence-corrected chi connectivity index (χ1v) is 9.07. The Morgan fingerprint density at radius 2 is 2.00 bits per heavy atom. The van der Waals surface area contributed by atoms with Gasteiger partial charge in [0.1, 0.15) is 5.75 Å². The lowest BCUT2D eigenvalue weighted by atomic mass is 10.1. The van der Waals surface area contributed by atoms with Crippen LogP contribution in [0.5, 0.6) is 5.75 Å². The van der Waals surface area contributed by atoms with Gasteiger partial charge in [-0.1, -0.05) is 0 Å². The molecule has 0 aromatic heterocycles. The summed E-state index contributed by atoms with van der Waals surface area (Å²) in [4.78, 5) is 15.3. The lowest BCUT2D eigenvalue weighted by molar-refractivity contribution is -0.130. The molecule has 1 aromatic carbocycles. The van der Waals surface area contributed by atoms with E-state index in [4.69, 9.17) is 15.2 Å². The highest BCUT2D eigenvalue weighted by molar-refractivity contribution is 8.00. The van der Waals surface area contributed by atoms with Gasteiger partial charge in [-0.25, -0.2) is 0 Å². The van der Waals surface area contributed by atoms with E-state index in [2.05, 4.69) is 0 Å². The van der Waals surface area contributed by atoms with Gasteiger partial charge >= 0.3 is 0 Å². The summed E-state index contributed by atoms with van der Waals surface area (Å²) in [5.74, 6) is 1.51. The first kappa shape index (κ1) is 18.1. The number of hydrogen-bond donors (Lipinski definition) is 1. The van der Waals surface area contributed by atoms with Crippen LogP contribution in [0.15, 0.2) is 29.2 Å². The number of carbonyl (C=O) groups is 1. The molecule has 0 bridgehead atoms. The third-order valence-corrected chi connectivity index (χ3v) is 4.92. The summed E-state index contributed by atoms with van der Waals surface area (Å²) in [7, 11) is 1.65. The SMILES string of the molecule is COc1ccc(SCC(=O)N2CCC(OCCCN)CC2)cc1. The zero-order valence-corrected chi connectivity index (χ0v) is 14.5. The molecule has 1 aromatic rings. The highest BCUT2D eigenvalue weighted by Crippen LogP contribution is 2.22. The molecule has 0 saturated carbocycles. The van der Waals surface area contributed by atoms with Gasteiger partial charge in [0.05, 0.1) is 19.0 Å². The van der Waals surface area contributed by atoms with Crippen LogP contribution in [0.2, 0.25) is 0 Å². The first-order valence-electron chi connectivity index (χ1n) is 8.09. The molecule has 0 aliphatic carbocycles. The van der Waals surface area contributed by atoms with Crippen LogP contribution < -0.4 is 10.5 Å². The Kier molecular flexibility index (Phi) is 7.71. The molecule has 5 nitrogen and oxygen atoms in total. The molecule has 1 aliphatic heterocycles. The number of ether oxygens (including phenoxy) is 2. The lowest BCUT2D eigenvalue weighted by Gasteiger charge is -2.32. The van der Waals surface area contributed by atoms with E-state index in [1.54, 1.807) is 18.9 Å². The molecule has 1 saturated heterocycles. The minimum atomic E-state index is 0.200. The third kappa shape index (κ3) is 6.05. The van der Waals surface area contributed by atoms with Crippen LogP contribution in [0.25, 0.3) is 0 Å². The van der Waals surface area contributed by atoms with Crippen molar-refractivity contribution in [2.24, 2.45) is 5.73 Å². The van der Waals surface area contributed by atoms with Crippen molar-refractivity contribution in [2.45, 2.75) is 30.3 Å². The summed E-state index contributed by atoms with van der Waals surface area (Å²) in [5.41, 5.74) is 5.46. The monoisotopic (exact) mass is 338 g/mol. The molecule has 1 heterocycles. The molecule has 0 radical (unpaired) electrons. The van der Waals surface area contributed by atoms with E-state index in [1.165, 1.54) is 0 Å². The van der Waals surface area contributed by atoms with Gasteiger partial charge in [-0.05, 0) is 50.1 Å². The van der Waals surface area contributed by atoms with Crippen molar-refractivity contribution >= 4 is 17.7 Å². The van der Waals surface area contributed by atoms with Gasteiger partial charge in [0, 0.05) is 24.6 Å². The number of likely N-dealkylation sites (tertiary alicyclic amines) is 1. The van der Waals surface area contributed by atoms with E-state index in [0.717, 1.165) is 49.6 Å². The third-order valence-electron chi connectivity index (χ3n) is 3.92. The molecule has 1 aliphatic rings. The van der Waals surface area contributed by atoms with E-state index >= 15 is 0 Å². The lowest BCUT2D eigenvalue weighted by Crippen LogP contribution is -2.41. The van der Waals surface area contributed by atoms with Gasteiger partial charge < -0.3 is 20.1 Å². The summed E-state index contributed by atoms with van der Waals surface area (Å²) >= 11 is 1.57. The maximum atomic E-state index is 12.3. The second-order valence-electron chi connectivity index (χ2n) is 5.56. The average Bonchev–Trinajstić information content (AvgIpc) is 2.61. The summed E-state index contributed by atoms with van der Waals surface area (Å²) in [6, 6.07) is 7.79. The van der Waals surface area contributed by atoms with Crippen molar-refractivity contribution in [1.29, 1.82) is 0 Å². The van der Waals surface area contributed by atoms with Crippen LogP contribution in [0.3, 0.4) is 0 Å². The first-order chi connectivity index (χ1) is 11.2. The molecule has 6 heteroatoms. The molecular weight excluding hydrogens is 312 g/mol. The molecule has 1 amide bonds. The van der Waals surface area contributed by atoms with Crippen LogP contribution in [0.1, 0.15) is 19.3 Å². The van der Waals surface area contributed by atoms with Crippen LogP contribution >= 0.6 is 11.8 Å². The number of nitrogens with zero attached hydrogens (tertiary/aromatic N) is 1. The number of hydrogen-bond acceptors (Lipinski definition) is 5. The van der Waals surface area contributed by atoms with Crippen LogP contribution in [-0.4, -0.2) is 56.0 Å². The largest absolute Gasteiger partial charge is 0.497 e. The highest BCUT2D eigenvalue weighted by atomic mass is 32.2. The van der Waals surface area contributed by atoms with Crippen LogP contribution in [0.4, 0.5) is 0 Å². The number of nitrogens with two attached hydrogens (primary N) is 1. The van der Waals surface area contributed by atoms with Gasteiger partial charge in [0.2, 0.25) is 5.91 Å². The van der Waals surface area contributed by atoms with Crippen LogP contribution in [0, 0.1) is 0 Å². The van der Waals surface area contributed by atoms with E-state index in [1.807, 2.05) is 29.2 Å². The fourth-order valence-corrected chi connectivity index (χ4v) is 3.31. The standard InChI is InChI=1S/C17H26N2O3S/c1-21-14-3-5-16(6-4-14)23-13-17(20)19-10-7-15(8-11-19)22-12-2-9-18/h3-6,15H,2,7-13,18H2,1H3. The molecule has 128 valence electrons. The minimum absolute atomic E-state index is 0.200. The number of amides is 1. The van der Waals surface area contributed by atoms with E-state index in [0.29, 0.717) is 12.3 Å². The van der Waals surface area contributed by atoms with Crippen molar-refractivity contribution in [1.82, 2.24) is 4.90 Å². The normalized spacial score (nSPS) is 15.7. The Hall–Kier alpha value is -1.24. The highest BCUT2D eigenvalue weighted by Gasteiger charge is 2.22. The van der Waals surface area contributed by atoms with Gasteiger partial charge in [-0.15, -0.1) is 11.8 Å². The quantitative estimate of drug-likeness (QED) is 0.581. The second-order valence-corrected chi connectivity index (χ2v) is 6.61. The summed E-state index contributed by atoms with van der Waals surface area (Å²) in [6.07, 6.45) is 3.02. The van der Waals surface area contributed by atoms with Gasteiger partial charge in [0.15, 0.2) is 0 Å². The Balaban J connectivity index is 1.68. The van der Waals surface area contributed by atoms with Gasteiger partial charge in [-0.3, -0.25) is 4.79 Å². The number of rotatable bonds is 8. The molecule has 2 rings (SSSR count). The second kappa shape index (κ2) is 9.80. The fraction of sp³-hybridized carbons (Fsp3) is 0.588. The Morgan fingerprint density at radius 3 is 2.61 bits per heavy atom. The summed E-state index contributed by atoms with van der Waals surface area (Å²) in [6.45, 7) is 2.97. The van der Waals surface area contributed by atoms with Gasteiger partial charge in [-0.2, -0.15) is 0 Å².